The average Bonchev–Trinajstić information content (AvgIpc) is 2.60. The van der Waals surface area contributed by atoms with Gasteiger partial charge >= 0.3 is 0 Å². The Morgan fingerprint density at radius 2 is 2.12 bits per heavy atom. The zero-order valence-corrected chi connectivity index (χ0v) is 11.5. The Balaban J connectivity index is 2.61. The lowest BCUT2D eigenvalue weighted by Gasteiger charge is -2.35. The van der Waals surface area contributed by atoms with E-state index in [0.717, 1.165) is 0 Å². The second-order valence-electron chi connectivity index (χ2n) is 5.38. The van der Waals surface area contributed by atoms with Crippen LogP contribution in [0.3, 0.4) is 0 Å². The number of carbonyl (C=O) groups excluding carboxylic acids is 1. The van der Waals surface area contributed by atoms with Gasteiger partial charge in [-0.2, -0.15) is 0 Å². The summed E-state index contributed by atoms with van der Waals surface area (Å²) in [7, 11) is -1.76. The molecule has 16 heavy (non-hydrogen) atoms. The molecule has 0 spiro atoms. The van der Waals surface area contributed by atoms with E-state index in [0.29, 0.717) is 24.3 Å². The first kappa shape index (κ1) is 13.1. The van der Waals surface area contributed by atoms with E-state index in [1.54, 1.807) is 6.07 Å². The van der Waals surface area contributed by atoms with Crippen LogP contribution in [-0.4, -0.2) is 19.8 Å². The molecule has 0 aliphatic heterocycles. The number of hydrogen-bond acceptors (Lipinski definition) is 4. The van der Waals surface area contributed by atoms with E-state index in [9.17, 15) is 4.79 Å². The van der Waals surface area contributed by atoms with Crippen molar-refractivity contribution in [1.29, 1.82) is 0 Å². The smallest absolute Gasteiger partial charge is 0.192 e. The molecule has 0 bridgehead atoms. The fraction of sp³-hybridized carbons (Fsp3) is 0.636. The summed E-state index contributed by atoms with van der Waals surface area (Å²) < 4.78 is 10.9. The van der Waals surface area contributed by atoms with Crippen molar-refractivity contribution >= 4 is 14.6 Å². The highest BCUT2D eigenvalue weighted by atomic mass is 28.4. The topological polar surface area (TPSA) is 52.3 Å². The maximum absolute atomic E-state index is 10.4. The monoisotopic (exact) mass is 241 g/mol. The van der Waals surface area contributed by atoms with E-state index in [1.807, 2.05) is 0 Å². The summed E-state index contributed by atoms with van der Waals surface area (Å²) in [4.78, 5) is 10.4. The predicted octanol–water partition coefficient (Wildman–Crippen LogP) is 3.01. The van der Waals surface area contributed by atoms with Crippen molar-refractivity contribution in [3.8, 4) is 0 Å². The lowest BCUT2D eigenvalue weighted by atomic mass is 10.2. The number of hydrogen-bond donors (Lipinski definition) is 0. The molecule has 0 fully saturated rings. The number of carbonyl (C=O) groups is 1. The summed E-state index contributed by atoms with van der Waals surface area (Å²) in [6.45, 7) is 11.3. The minimum absolute atomic E-state index is 0.167. The van der Waals surface area contributed by atoms with E-state index in [4.69, 9.17) is 8.95 Å². The predicted molar refractivity (Wildman–Crippen MR) is 63.9 cm³/mol. The van der Waals surface area contributed by atoms with Gasteiger partial charge in [0.25, 0.3) is 0 Å². The molecule has 0 unspecified atom stereocenters. The maximum Gasteiger partial charge on any atom is 0.192 e. The molecule has 0 atom stereocenters. The SMILES string of the molecule is CC(C)(C)[Si](C)(C)OCc1cc(C=O)no1. The second-order valence-corrected chi connectivity index (χ2v) is 10.2. The van der Waals surface area contributed by atoms with E-state index in [2.05, 4.69) is 39.0 Å². The van der Waals surface area contributed by atoms with Crippen molar-refractivity contribution in [2.24, 2.45) is 0 Å². The molecular formula is C11H19NO3Si. The third kappa shape index (κ3) is 3.02. The van der Waals surface area contributed by atoms with Gasteiger partial charge in [0, 0.05) is 6.07 Å². The minimum Gasteiger partial charge on any atom is -0.409 e. The van der Waals surface area contributed by atoms with Crippen LogP contribution in [0, 0.1) is 0 Å². The molecule has 1 rings (SSSR count). The van der Waals surface area contributed by atoms with E-state index >= 15 is 0 Å². The first-order valence-electron chi connectivity index (χ1n) is 5.31. The van der Waals surface area contributed by atoms with Crippen molar-refractivity contribution in [3.05, 3.63) is 17.5 Å². The third-order valence-electron chi connectivity index (χ3n) is 3.08. The molecule has 0 N–H and O–H groups in total. The highest BCUT2D eigenvalue weighted by molar-refractivity contribution is 6.74. The molecule has 0 saturated carbocycles. The Morgan fingerprint density at radius 1 is 1.50 bits per heavy atom. The highest BCUT2D eigenvalue weighted by Gasteiger charge is 2.37. The fourth-order valence-electron chi connectivity index (χ4n) is 0.921. The number of aromatic nitrogens is 1. The summed E-state index contributed by atoms with van der Waals surface area (Å²) in [5.74, 6) is 0.604. The summed E-state index contributed by atoms with van der Waals surface area (Å²) in [6, 6.07) is 1.61. The van der Waals surface area contributed by atoms with Crippen LogP contribution in [0.1, 0.15) is 37.0 Å². The number of nitrogens with zero attached hydrogens (tertiary/aromatic N) is 1. The van der Waals surface area contributed by atoms with E-state index < -0.39 is 8.32 Å². The summed E-state index contributed by atoms with van der Waals surface area (Å²) in [6.07, 6.45) is 0.666. The quantitative estimate of drug-likeness (QED) is 0.600. The molecule has 90 valence electrons. The third-order valence-corrected chi connectivity index (χ3v) is 7.56. The van der Waals surface area contributed by atoms with E-state index in [1.165, 1.54) is 0 Å². The molecule has 1 aromatic heterocycles. The molecule has 4 nitrogen and oxygen atoms in total. The van der Waals surface area contributed by atoms with Crippen LogP contribution >= 0.6 is 0 Å². The highest BCUT2D eigenvalue weighted by Crippen LogP contribution is 2.37. The van der Waals surface area contributed by atoms with Crippen LogP contribution in [-0.2, 0) is 11.0 Å². The van der Waals surface area contributed by atoms with Gasteiger partial charge in [0.05, 0.1) is 6.61 Å². The second kappa shape index (κ2) is 4.51. The number of aldehydes is 1. The Labute approximate surface area is 97.1 Å². The molecule has 5 heteroatoms. The maximum atomic E-state index is 10.4. The largest absolute Gasteiger partial charge is 0.409 e. The van der Waals surface area contributed by atoms with Crippen molar-refractivity contribution in [3.63, 3.8) is 0 Å². The van der Waals surface area contributed by atoms with Gasteiger partial charge in [-0.25, -0.2) is 0 Å². The molecule has 0 aromatic carbocycles. The zero-order valence-electron chi connectivity index (χ0n) is 10.5. The van der Waals surface area contributed by atoms with Crippen LogP contribution in [0.4, 0.5) is 0 Å². The summed E-state index contributed by atoms with van der Waals surface area (Å²) >= 11 is 0. The van der Waals surface area contributed by atoms with Crippen molar-refractivity contribution < 1.29 is 13.7 Å². The normalized spacial score (nSPS) is 12.8. The summed E-state index contributed by atoms with van der Waals surface area (Å²) in [5, 5.41) is 3.76. The Morgan fingerprint density at radius 3 is 2.56 bits per heavy atom. The van der Waals surface area contributed by atoms with Gasteiger partial charge in [0.15, 0.2) is 20.4 Å². The lowest BCUT2D eigenvalue weighted by molar-refractivity contribution is 0.111. The van der Waals surface area contributed by atoms with Gasteiger partial charge in [-0.05, 0) is 18.1 Å². The molecule has 0 aliphatic rings. The molecule has 1 heterocycles. The molecule has 0 amide bonds. The average molecular weight is 241 g/mol. The molecule has 1 aromatic rings. The summed E-state index contributed by atoms with van der Waals surface area (Å²) in [5.41, 5.74) is 0.314. The molecule has 0 radical (unpaired) electrons. The van der Waals surface area contributed by atoms with E-state index in [-0.39, 0.29) is 5.04 Å². The zero-order chi connectivity index (χ0) is 12.4. The van der Waals surface area contributed by atoms with Gasteiger partial charge in [0.1, 0.15) is 5.69 Å². The van der Waals surface area contributed by atoms with Gasteiger partial charge in [-0.3, -0.25) is 4.79 Å². The number of rotatable bonds is 4. The first-order chi connectivity index (χ1) is 7.26. The van der Waals surface area contributed by atoms with Gasteiger partial charge < -0.3 is 8.95 Å². The minimum atomic E-state index is -1.76. The van der Waals surface area contributed by atoms with Gasteiger partial charge in [0.2, 0.25) is 0 Å². The van der Waals surface area contributed by atoms with Crippen LogP contribution in [0.15, 0.2) is 10.6 Å². The van der Waals surface area contributed by atoms with Gasteiger partial charge in [-0.15, -0.1) is 0 Å². The standard InChI is InChI=1S/C11H19NO3Si/c1-11(2,3)16(4,5)14-8-10-6-9(7-13)12-15-10/h6-7H,8H2,1-5H3. The van der Waals surface area contributed by atoms with Crippen molar-refractivity contribution in [2.45, 2.75) is 45.5 Å². The molecule has 0 saturated heterocycles. The molecule has 0 aliphatic carbocycles. The van der Waals surface area contributed by atoms with Crippen LogP contribution in [0.2, 0.25) is 18.1 Å². The Kier molecular flexibility index (Phi) is 3.70. The Bertz CT molecular complexity index is 366. The Hall–Kier alpha value is -0.943. The van der Waals surface area contributed by atoms with Crippen LogP contribution in [0.5, 0.6) is 0 Å². The molecular weight excluding hydrogens is 222 g/mol. The fourth-order valence-corrected chi connectivity index (χ4v) is 1.86. The first-order valence-corrected chi connectivity index (χ1v) is 8.22. The van der Waals surface area contributed by atoms with Crippen LogP contribution < -0.4 is 0 Å². The van der Waals surface area contributed by atoms with Crippen LogP contribution in [0.25, 0.3) is 0 Å². The van der Waals surface area contributed by atoms with Gasteiger partial charge in [-0.1, -0.05) is 25.9 Å². The lowest BCUT2D eigenvalue weighted by Crippen LogP contribution is -2.40. The van der Waals surface area contributed by atoms with Crippen molar-refractivity contribution in [1.82, 2.24) is 5.16 Å². The van der Waals surface area contributed by atoms with Crippen molar-refractivity contribution in [2.75, 3.05) is 0 Å².